The van der Waals surface area contributed by atoms with Crippen LogP contribution in [-0.4, -0.2) is 11.5 Å². The Bertz CT molecular complexity index is 443. The van der Waals surface area contributed by atoms with Gasteiger partial charge in [-0.1, -0.05) is 25.1 Å². The summed E-state index contributed by atoms with van der Waals surface area (Å²) in [5.41, 5.74) is 0.912. The van der Waals surface area contributed by atoms with Gasteiger partial charge in [0.2, 0.25) is 5.91 Å². The number of piperidine rings is 1. The minimum absolute atomic E-state index is 0.0370. The van der Waals surface area contributed by atoms with Crippen molar-refractivity contribution >= 4 is 5.91 Å². The van der Waals surface area contributed by atoms with Crippen LogP contribution in [0.2, 0.25) is 0 Å². The van der Waals surface area contributed by atoms with E-state index < -0.39 is 0 Å². The van der Waals surface area contributed by atoms with E-state index in [1.54, 1.807) is 0 Å². The lowest BCUT2D eigenvalue weighted by molar-refractivity contribution is -0.128. The van der Waals surface area contributed by atoms with Crippen molar-refractivity contribution in [3.63, 3.8) is 0 Å². The van der Waals surface area contributed by atoms with Gasteiger partial charge in [0.15, 0.2) is 0 Å². The van der Waals surface area contributed by atoms with Crippen LogP contribution in [0.1, 0.15) is 37.8 Å². The van der Waals surface area contributed by atoms with Crippen molar-refractivity contribution in [1.29, 1.82) is 0 Å². The summed E-state index contributed by atoms with van der Waals surface area (Å²) in [6.45, 7) is 2.12. The highest BCUT2D eigenvalue weighted by Crippen LogP contribution is 2.48. The van der Waals surface area contributed by atoms with Gasteiger partial charge in [0.05, 0.1) is 6.04 Å². The molecule has 0 radical (unpaired) electrons. The summed E-state index contributed by atoms with van der Waals surface area (Å²) in [5, 5.41) is 3.06. The van der Waals surface area contributed by atoms with Gasteiger partial charge >= 0.3 is 0 Å². The molecule has 3 rings (SSSR count). The van der Waals surface area contributed by atoms with Crippen molar-refractivity contribution in [3.05, 3.63) is 29.8 Å². The molecule has 84 valence electrons. The maximum absolute atomic E-state index is 11.5. The van der Waals surface area contributed by atoms with Crippen molar-refractivity contribution in [1.82, 2.24) is 5.32 Å². The third-order valence-electron chi connectivity index (χ3n) is 3.75. The van der Waals surface area contributed by atoms with E-state index in [4.69, 9.17) is 4.74 Å². The third-order valence-corrected chi connectivity index (χ3v) is 3.75. The molecule has 1 amide bonds. The molecule has 2 atom stereocenters. The molecule has 2 aliphatic heterocycles. The summed E-state index contributed by atoms with van der Waals surface area (Å²) < 4.78 is 6.08. The Labute approximate surface area is 94.8 Å². The molecule has 1 aromatic rings. The summed E-state index contributed by atoms with van der Waals surface area (Å²) in [6, 6.07) is 8.03. The van der Waals surface area contributed by atoms with Crippen LogP contribution in [0.15, 0.2) is 24.3 Å². The summed E-state index contributed by atoms with van der Waals surface area (Å²) in [7, 11) is 0. The fourth-order valence-corrected chi connectivity index (χ4v) is 2.79. The number of carbonyl (C=O) groups excluding carboxylic acids is 1. The molecule has 0 unspecified atom stereocenters. The van der Waals surface area contributed by atoms with E-state index >= 15 is 0 Å². The first-order valence-electron chi connectivity index (χ1n) is 5.82. The van der Waals surface area contributed by atoms with Crippen molar-refractivity contribution in [2.45, 2.75) is 37.8 Å². The van der Waals surface area contributed by atoms with Crippen molar-refractivity contribution in [2.75, 3.05) is 0 Å². The van der Waals surface area contributed by atoms with Gasteiger partial charge < -0.3 is 10.1 Å². The van der Waals surface area contributed by atoms with Gasteiger partial charge in [0, 0.05) is 12.0 Å². The van der Waals surface area contributed by atoms with Crippen LogP contribution in [0.4, 0.5) is 0 Å². The van der Waals surface area contributed by atoms with Gasteiger partial charge in [0.1, 0.15) is 11.4 Å². The molecule has 16 heavy (non-hydrogen) atoms. The number of hydrogen-bond donors (Lipinski definition) is 1. The Kier molecular flexibility index (Phi) is 1.96. The van der Waals surface area contributed by atoms with Crippen LogP contribution < -0.4 is 10.1 Å². The summed E-state index contributed by atoms with van der Waals surface area (Å²) in [6.07, 6.45) is 2.31. The molecule has 2 heterocycles. The molecule has 1 aromatic carbocycles. The van der Waals surface area contributed by atoms with Crippen molar-refractivity contribution in [3.8, 4) is 5.75 Å². The Morgan fingerprint density at radius 1 is 1.50 bits per heavy atom. The van der Waals surface area contributed by atoms with Crippen LogP contribution in [0, 0.1) is 0 Å². The Hall–Kier alpha value is -1.51. The minimum Gasteiger partial charge on any atom is -0.484 e. The lowest BCUT2D eigenvalue weighted by Gasteiger charge is -2.37. The largest absolute Gasteiger partial charge is 0.484 e. The highest BCUT2D eigenvalue weighted by molar-refractivity contribution is 5.78. The lowest BCUT2D eigenvalue weighted by Crippen LogP contribution is -2.50. The molecule has 1 N–H and O–H groups in total. The first kappa shape index (κ1) is 9.70. The number of nitrogens with one attached hydrogen (secondary N) is 1. The van der Waals surface area contributed by atoms with Crippen LogP contribution in [0.5, 0.6) is 5.75 Å². The molecular weight excluding hydrogens is 202 g/mol. The van der Waals surface area contributed by atoms with Crippen molar-refractivity contribution < 1.29 is 9.53 Å². The summed E-state index contributed by atoms with van der Waals surface area (Å²) in [5.74, 6) is 1.06. The van der Waals surface area contributed by atoms with Crippen LogP contribution in [0.3, 0.4) is 0 Å². The standard InChI is InChI=1S/C13H15NO2/c1-2-13-8-7-11(15)14-12(13)9-5-3-4-6-10(9)16-13/h3-6,12H,2,7-8H2,1H3,(H,14,15)/t12-,13-/m1/s1. The zero-order valence-electron chi connectivity index (χ0n) is 9.32. The number of ether oxygens (including phenoxy) is 1. The molecule has 0 spiro atoms. The molecule has 0 bridgehead atoms. The first-order chi connectivity index (χ1) is 7.75. The molecule has 3 heteroatoms. The van der Waals surface area contributed by atoms with Gasteiger partial charge in [-0.2, -0.15) is 0 Å². The summed E-state index contributed by atoms with van der Waals surface area (Å²) in [4.78, 5) is 11.5. The first-order valence-corrected chi connectivity index (χ1v) is 5.82. The number of carbonyl (C=O) groups is 1. The SMILES string of the molecule is CC[C@@]12CCC(=O)N[C@@H]1c1ccccc1O2. The molecule has 2 aliphatic rings. The van der Waals surface area contributed by atoms with Crippen molar-refractivity contribution in [2.24, 2.45) is 0 Å². The van der Waals surface area contributed by atoms with Gasteiger partial charge in [-0.05, 0) is 18.9 Å². The Morgan fingerprint density at radius 2 is 2.31 bits per heavy atom. The number of rotatable bonds is 1. The van der Waals surface area contributed by atoms with E-state index in [1.807, 2.05) is 24.3 Å². The molecule has 0 aromatic heterocycles. The second kappa shape index (κ2) is 3.24. The van der Waals surface area contributed by atoms with E-state index in [2.05, 4.69) is 12.2 Å². The smallest absolute Gasteiger partial charge is 0.220 e. The molecule has 3 nitrogen and oxygen atoms in total. The fraction of sp³-hybridized carbons (Fsp3) is 0.462. The second-order valence-corrected chi connectivity index (χ2v) is 4.56. The van der Waals surface area contributed by atoms with Gasteiger partial charge in [-0.25, -0.2) is 0 Å². The van der Waals surface area contributed by atoms with Crippen LogP contribution in [-0.2, 0) is 4.79 Å². The third kappa shape index (κ3) is 1.17. The predicted octanol–water partition coefficient (Wildman–Crippen LogP) is 2.18. The average molecular weight is 217 g/mol. The quantitative estimate of drug-likeness (QED) is 0.783. The maximum Gasteiger partial charge on any atom is 0.220 e. The molecule has 1 fully saturated rings. The number of para-hydroxylation sites is 1. The number of amides is 1. The number of hydrogen-bond acceptors (Lipinski definition) is 2. The van der Waals surface area contributed by atoms with Crippen LogP contribution in [0.25, 0.3) is 0 Å². The van der Waals surface area contributed by atoms with E-state index in [1.165, 1.54) is 0 Å². The number of fused-ring (bicyclic) bond motifs is 3. The van der Waals surface area contributed by atoms with Gasteiger partial charge in [-0.15, -0.1) is 0 Å². The van der Waals surface area contributed by atoms with Crippen LogP contribution >= 0.6 is 0 Å². The monoisotopic (exact) mass is 217 g/mol. The Morgan fingerprint density at radius 3 is 3.12 bits per heavy atom. The highest BCUT2D eigenvalue weighted by atomic mass is 16.5. The Balaban J connectivity index is 2.07. The molecule has 0 saturated carbocycles. The lowest BCUT2D eigenvalue weighted by atomic mass is 9.82. The predicted molar refractivity (Wildman–Crippen MR) is 60.2 cm³/mol. The molecule has 1 saturated heterocycles. The normalized spacial score (nSPS) is 31.3. The van der Waals surface area contributed by atoms with E-state index in [0.29, 0.717) is 6.42 Å². The van der Waals surface area contributed by atoms with Gasteiger partial charge in [-0.3, -0.25) is 4.79 Å². The topological polar surface area (TPSA) is 38.3 Å². The average Bonchev–Trinajstić information content (AvgIpc) is 2.64. The number of benzene rings is 1. The zero-order chi connectivity index (χ0) is 11.2. The van der Waals surface area contributed by atoms with Gasteiger partial charge in [0.25, 0.3) is 0 Å². The van der Waals surface area contributed by atoms with E-state index in [0.717, 1.165) is 24.2 Å². The maximum atomic E-state index is 11.5. The summed E-state index contributed by atoms with van der Waals surface area (Å²) >= 11 is 0. The van der Waals surface area contributed by atoms with E-state index in [-0.39, 0.29) is 17.6 Å². The fourth-order valence-electron chi connectivity index (χ4n) is 2.79. The second-order valence-electron chi connectivity index (χ2n) is 4.56. The minimum atomic E-state index is -0.211. The molecular formula is C13H15NO2. The highest BCUT2D eigenvalue weighted by Gasteiger charge is 2.50. The van der Waals surface area contributed by atoms with E-state index in [9.17, 15) is 4.79 Å². The molecule has 0 aliphatic carbocycles. The zero-order valence-corrected chi connectivity index (χ0v) is 9.32.